The van der Waals surface area contributed by atoms with Crippen molar-refractivity contribution in [2.24, 2.45) is 0 Å². The van der Waals surface area contributed by atoms with Gasteiger partial charge >= 0.3 is 0 Å². The second-order valence-corrected chi connectivity index (χ2v) is 5.17. The molecular weight excluding hydrogens is 292 g/mol. The van der Waals surface area contributed by atoms with Crippen molar-refractivity contribution in [3.63, 3.8) is 0 Å². The Morgan fingerprint density at radius 2 is 2.13 bits per heavy atom. The first-order chi connectivity index (χ1) is 11.2. The van der Waals surface area contributed by atoms with Gasteiger partial charge in [-0.25, -0.2) is 0 Å². The minimum absolute atomic E-state index is 0.112. The lowest BCUT2D eigenvalue weighted by molar-refractivity contribution is -0.119. The Kier molecular flexibility index (Phi) is 4.37. The van der Waals surface area contributed by atoms with E-state index >= 15 is 0 Å². The normalized spacial score (nSPS) is 11.9. The molecule has 23 heavy (non-hydrogen) atoms. The van der Waals surface area contributed by atoms with Crippen molar-refractivity contribution in [2.45, 2.75) is 19.5 Å². The summed E-state index contributed by atoms with van der Waals surface area (Å²) in [6.07, 6.45) is 5.14. The van der Waals surface area contributed by atoms with Crippen LogP contribution in [0.1, 0.15) is 18.7 Å². The van der Waals surface area contributed by atoms with Gasteiger partial charge in [0.05, 0.1) is 12.2 Å². The average Bonchev–Trinajstić information content (AvgIpc) is 3.26. The zero-order valence-electron chi connectivity index (χ0n) is 12.7. The zero-order chi connectivity index (χ0) is 16.1. The Morgan fingerprint density at radius 3 is 2.87 bits per heavy atom. The van der Waals surface area contributed by atoms with E-state index in [9.17, 15) is 4.79 Å². The lowest BCUT2D eigenvalue weighted by Gasteiger charge is -2.13. The summed E-state index contributed by atoms with van der Waals surface area (Å²) in [5.74, 6) is -0.112. The number of aromatic nitrogens is 4. The van der Waals surface area contributed by atoms with Gasteiger partial charge in [-0.05, 0) is 37.3 Å². The van der Waals surface area contributed by atoms with Crippen molar-refractivity contribution >= 4 is 17.3 Å². The highest BCUT2D eigenvalue weighted by atomic mass is 16.2. The largest absolute Gasteiger partial charge is 0.379 e. The molecule has 3 aromatic rings. The van der Waals surface area contributed by atoms with Crippen LogP contribution >= 0.6 is 0 Å². The smallest absolute Gasteiger partial charge is 0.248 e. The Balaban J connectivity index is 1.61. The van der Waals surface area contributed by atoms with Gasteiger partial charge in [0.25, 0.3) is 0 Å². The number of H-pyrrole nitrogens is 1. The van der Waals surface area contributed by atoms with Gasteiger partial charge in [-0.1, -0.05) is 6.07 Å². The summed E-state index contributed by atoms with van der Waals surface area (Å²) < 4.78 is 1.62. The monoisotopic (exact) mass is 310 g/mol. The van der Waals surface area contributed by atoms with E-state index in [0.717, 1.165) is 17.1 Å². The molecule has 3 N–H and O–H groups in total. The molecule has 0 aliphatic carbocycles. The van der Waals surface area contributed by atoms with Crippen molar-refractivity contribution in [3.05, 3.63) is 60.7 Å². The molecule has 1 amide bonds. The maximum Gasteiger partial charge on any atom is 0.248 e. The van der Waals surface area contributed by atoms with E-state index in [1.54, 1.807) is 29.3 Å². The molecule has 0 aliphatic heterocycles. The second-order valence-electron chi connectivity index (χ2n) is 5.17. The van der Waals surface area contributed by atoms with Crippen molar-refractivity contribution < 1.29 is 4.79 Å². The van der Waals surface area contributed by atoms with Gasteiger partial charge in [0.15, 0.2) is 0 Å². The fraction of sp³-hybridized carbons (Fsp3) is 0.188. The van der Waals surface area contributed by atoms with Crippen LogP contribution in [0.2, 0.25) is 0 Å². The highest BCUT2D eigenvalue weighted by molar-refractivity contribution is 5.93. The minimum atomic E-state index is -0.369. The van der Waals surface area contributed by atoms with Gasteiger partial charge in [-0.2, -0.15) is 10.2 Å². The van der Waals surface area contributed by atoms with E-state index in [-0.39, 0.29) is 11.9 Å². The third kappa shape index (κ3) is 3.76. The summed E-state index contributed by atoms with van der Waals surface area (Å²) >= 11 is 0. The maximum absolute atomic E-state index is 12.3. The molecule has 0 unspecified atom stereocenters. The quantitative estimate of drug-likeness (QED) is 0.652. The number of nitrogens with one attached hydrogen (secondary N) is 3. The Labute approximate surface area is 133 Å². The van der Waals surface area contributed by atoms with Crippen molar-refractivity contribution in [1.82, 2.24) is 20.0 Å². The van der Waals surface area contributed by atoms with Crippen LogP contribution in [0.4, 0.5) is 11.4 Å². The zero-order valence-corrected chi connectivity index (χ0v) is 12.7. The number of benzene rings is 1. The predicted octanol–water partition coefficient (Wildman–Crippen LogP) is 2.42. The van der Waals surface area contributed by atoms with Crippen LogP contribution in [0.25, 0.3) is 0 Å². The van der Waals surface area contributed by atoms with Crippen LogP contribution in [-0.4, -0.2) is 25.9 Å². The molecule has 0 saturated heterocycles. The van der Waals surface area contributed by atoms with Crippen LogP contribution in [0.5, 0.6) is 0 Å². The molecular formula is C16H18N6O. The minimum Gasteiger partial charge on any atom is -0.379 e. The highest BCUT2D eigenvalue weighted by Crippen LogP contribution is 2.17. The standard InChI is InChI=1S/C16H18N6O/c1-12(22-9-3-7-19-22)16(23)20-14-5-2-4-13(10-14)17-11-15-6-8-18-21-15/h2-10,12,17H,11H2,1H3,(H,18,21)(H,20,23)/t12-/m1/s1. The lowest BCUT2D eigenvalue weighted by atomic mass is 10.2. The number of carbonyl (C=O) groups excluding carboxylic acids is 1. The number of nitrogens with zero attached hydrogens (tertiary/aromatic N) is 3. The molecule has 118 valence electrons. The summed E-state index contributed by atoms with van der Waals surface area (Å²) in [6, 6.07) is 10.9. The fourth-order valence-corrected chi connectivity index (χ4v) is 2.16. The topological polar surface area (TPSA) is 87.6 Å². The van der Waals surface area contributed by atoms with Crippen LogP contribution in [0.15, 0.2) is 55.0 Å². The van der Waals surface area contributed by atoms with Gasteiger partial charge in [0.2, 0.25) is 5.91 Å². The molecule has 0 fully saturated rings. The number of hydrogen-bond donors (Lipinski definition) is 3. The lowest BCUT2D eigenvalue weighted by Crippen LogP contribution is -2.24. The third-order valence-electron chi connectivity index (χ3n) is 3.47. The predicted molar refractivity (Wildman–Crippen MR) is 87.9 cm³/mol. The van der Waals surface area contributed by atoms with Gasteiger partial charge in [-0.3, -0.25) is 14.6 Å². The molecule has 2 heterocycles. The number of hydrogen-bond acceptors (Lipinski definition) is 4. The van der Waals surface area contributed by atoms with E-state index in [1.165, 1.54) is 0 Å². The Hall–Kier alpha value is -3.09. The van der Waals surface area contributed by atoms with E-state index in [1.807, 2.05) is 37.3 Å². The van der Waals surface area contributed by atoms with Gasteiger partial charge in [-0.15, -0.1) is 0 Å². The Bertz CT molecular complexity index is 751. The fourth-order valence-electron chi connectivity index (χ4n) is 2.16. The molecule has 2 aromatic heterocycles. The number of amides is 1. The van der Waals surface area contributed by atoms with Gasteiger partial charge < -0.3 is 10.6 Å². The average molecular weight is 310 g/mol. The van der Waals surface area contributed by atoms with E-state index < -0.39 is 0 Å². The third-order valence-corrected chi connectivity index (χ3v) is 3.47. The maximum atomic E-state index is 12.3. The van der Waals surface area contributed by atoms with E-state index in [2.05, 4.69) is 25.9 Å². The van der Waals surface area contributed by atoms with Crippen LogP contribution in [0.3, 0.4) is 0 Å². The van der Waals surface area contributed by atoms with Crippen LogP contribution < -0.4 is 10.6 Å². The second kappa shape index (κ2) is 6.78. The van der Waals surface area contributed by atoms with Crippen molar-refractivity contribution in [1.29, 1.82) is 0 Å². The highest BCUT2D eigenvalue weighted by Gasteiger charge is 2.15. The Morgan fingerprint density at radius 1 is 1.26 bits per heavy atom. The first-order valence-corrected chi connectivity index (χ1v) is 7.34. The van der Waals surface area contributed by atoms with Gasteiger partial charge in [0.1, 0.15) is 6.04 Å². The van der Waals surface area contributed by atoms with E-state index in [4.69, 9.17) is 0 Å². The molecule has 1 aromatic carbocycles. The van der Waals surface area contributed by atoms with Gasteiger partial charge in [0, 0.05) is 30.0 Å². The summed E-state index contributed by atoms with van der Waals surface area (Å²) in [7, 11) is 0. The summed E-state index contributed by atoms with van der Waals surface area (Å²) in [5, 5.41) is 17.1. The van der Waals surface area contributed by atoms with Crippen LogP contribution in [-0.2, 0) is 11.3 Å². The first kappa shape index (κ1) is 14.8. The molecule has 1 atom stereocenters. The number of aromatic amines is 1. The molecule has 0 spiro atoms. The first-order valence-electron chi connectivity index (χ1n) is 7.34. The summed E-state index contributed by atoms with van der Waals surface area (Å²) in [6.45, 7) is 2.45. The molecule has 3 rings (SSSR count). The van der Waals surface area contributed by atoms with Crippen LogP contribution in [0, 0.1) is 0 Å². The number of anilines is 2. The molecule has 0 aliphatic rings. The molecule has 0 bridgehead atoms. The van der Waals surface area contributed by atoms with E-state index in [0.29, 0.717) is 6.54 Å². The summed E-state index contributed by atoms with van der Waals surface area (Å²) in [4.78, 5) is 12.3. The SMILES string of the molecule is C[C@H](C(=O)Nc1cccc(NCc2ccn[nH]2)c1)n1cccn1. The molecule has 0 radical (unpaired) electrons. The summed E-state index contributed by atoms with van der Waals surface area (Å²) in [5.41, 5.74) is 2.65. The number of rotatable bonds is 6. The van der Waals surface area contributed by atoms with Crippen molar-refractivity contribution in [2.75, 3.05) is 10.6 Å². The molecule has 0 saturated carbocycles. The molecule has 7 heteroatoms. The van der Waals surface area contributed by atoms with Crippen molar-refractivity contribution in [3.8, 4) is 0 Å². The molecule has 7 nitrogen and oxygen atoms in total. The number of carbonyl (C=O) groups is 1.